The highest BCUT2D eigenvalue weighted by Gasteiger charge is 2.28. The molecule has 1 saturated heterocycles. The number of hydrogen-bond donors (Lipinski definition) is 2. The van der Waals surface area contributed by atoms with Gasteiger partial charge in [-0.3, -0.25) is 14.5 Å². The molecule has 2 N–H and O–H groups in total. The average molecular weight is 392 g/mol. The Bertz CT molecular complexity index is 723. The minimum atomic E-state index is -0.901. The summed E-state index contributed by atoms with van der Waals surface area (Å²) in [5.41, 5.74) is 0.939. The minimum Gasteiger partial charge on any atom is -0.486 e. The number of likely N-dealkylation sites (tertiary alicyclic amines) is 1. The molecule has 1 aromatic rings. The molecule has 1 aromatic carbocycles. The van der Waals surface area contributed by atoms with E-state index in [1.807, 2.05) is 4.90 Å². The summed E-state index contributed by atoms with van der Waals surface area (Å²) in [6.07, 6.45) is 0.774. The highest BCUT2D eigenvalue weighted by atomic mass is 16.6. The van der Waals surface area contributed by atoms with Crippen molar-refractivity contribution in [1.29, 1.82) is 0 Å². The van der Waals surface area contributed by atoms with E-state index in [1.54, 1.807) is 19.1 Å². The lowest BCUT2D eigenvalue weighted by atomic mass is 9.98. The number of carbonyl (C=O) groups is 2. The molecule has 2 aliphatic rings. The lowest BCUT2D eigenvalue weighted by Gasteiger charge is -2.33. The van der Waals surface area contributed by atoms with Crippen LogP contribution in [-0.4, -0.2) is 67.4 Å². The van der Waals surface area contributed by atoms with Crippen molar-refractivity contribution in [3.05, 3.63) is 17.7 Å². The van der Waals surface area contributed by atoms with E-state index in [0.29, 0.717) is 55.7 Å². The predicted octanol–water partition coefficient (Wildman–Crippen LogP) is 1.67. The number of Topliss-reactive ketones (excluding diaryl/α,β-unsaturated/α-hetero) is 1. The highest BCUT2D eigenvalue weighted by Crippen LogP contribution is 2.36. The molecule has 8 heteroatoms. The zero-order chi connectivity index (χ0) is 20.1. The highest BCUT2D eigenvalue weighted by molar-refractivity contribution is 6.00. The fourth-order valence-electron chi connectivity index (χ4n) is 3.64. The number of fused-ring (bicyclic) bond motifs is 1. The molecule has 0 saturated carbocycles. The third kappa shape index (κ3) is 4.94. The van der Waals surface area contributed by atoms with Crippen molar-refractivity contribution < 1.29 is 28.9 Å². The number of ether oxygens (including phenoxy) is 3. The first kappa shape index (κ1) is 20.4. The molecular formula is C20H28N2O6. The van der Waals surface area contributed by atoms with Crippen molar-refractivity contribution in [1.82, 2.24) is 4.90 Å². The molecule has 0 aromatic heterocycles. The quantitative estimate of drug-likeness (QED) is 0.411. The second-order valence-corrected chi connectivity index (χ2v) is 7.11. The third-order valence-electron chi connectivity index (χ3n) is 4.94. The van der Waals surface area contributed by atoms with Crippen LogP contribution in [0, 0.1) is 5.92 Å². The molecule has 2 atom stereocenters. The average Bonchev–Trinajstić information content (AvgIpc) is 2.67. The summed E-state index contributed by atoms with van der Waals surface area (Å²) in [6.45, 7) is 6.21. The first-order chi connectivity index (χ1) is 13.5. The monoisotopic (exact) mass is 392 g/mol. The summed E-state index contributed by atoms with van der Waals surface area (Å²) < 4.78 is 16.2. The Labute approximate surface area is 164 Å². The van der Waals surface area contributed by atoms with Gasteiger partial charge in [-0.05, 0) is 39.3 Å². The molecule has 2 heterocycles. The predicted molar refractivity (Wildman–Crippen MR) is 103 cm³/mol. The summed E-state index contributed by atoms with van der Waals surface area (Å²) in [4.78, 5) is 26.0. The molecule has 154 valence electrons. The fourth-order valence-corrected chi connectivity index (χ4v) is 3.64. The molecule has 0 amide bonds. The van der Waals surface area contributed by atoms with Gasteiger partial charge in [0.05, 0.1) is 18.2 Å². The van der Waals surface area contributed by atoms with Gasteiger partial charge >= 0.3 is 5.97 Å². The first-order valence-electron chi connectivity index (χ1n) is 9.76. The van der Waals surface area contributed by atoms with Crippen molar-refractivity contribution in [3.8, 4) is 11.5 Å². The van der Waals surface area contributed by atoms with Crippen LogP contribution < -0.4 is 14.8 Å². The number of esters is 1. The van der Waals surface area contributed by atoms with Gasteiger partial charge in [0.1, 0.15) is 19.4 Å². The molecule has 0 aliphatic carbocycles. The van der Waals surface area contributed by atoms with Crippen molar-refractivity contribution >= 4 is 17.4 Å². The zero-order valence-electron chi connectivity index (χ0n) is 16.4. The molecule has 3 rings (SSSR count). The first-order valence-corrected chi connectivity index (χ1v) is 9.76. The SMILES string of the molecule is CCOC(=O)C1CCCN(CC(O)Nc2cc3c(cc2C(C)=O)OCCO3)C1. The van der Waals surface area contributed by atoms with Crippen LogP contribution in [0.2, 0.25) is 0 Å². The Morgan fingerprint density at radius 2 is 2.04 bits per heavy atom. The summed E-state index contributed by atoms with van der Waals surface area (Å²) in [6, 6.07) is 3.33. The molecule has 1 fully saturated rings. The Kier molecular flexibility index (Phi) is 6.74. The molecule has 28 heavy (non-hydrogen) atoms. The molecular weight excluding hydrogens is 364 g/mol. The van der Waals surface area contributed by atoms with Gasteiger partial charge in [-0.15, -0.1) is 0 Å². The summed E-state index contributed by atoms with van der Waals surface area (Å²) in [5, 5.41) is 13.5. The summed E-state index contributed by atoms with van der Waals surface area (Å²) in [7, 11) is 0. The third-order valence-corrected chi connectivity index (χ3v) is 4.94. The topological polar surface area (TPSA) is 97.3 Å². The van der Waals surface area contributed by atoms with Crippen molar-refractivity contribution in [2.45, 2.75) is 32.9 Å². The van der Waals surface area contributed by atoms with Gasteiger partial charge in [-0.25, -0.2) is 0 Å². The van der Waals surface area contributed by atoms with Crippen LogP contribution in [0.4, 0.5) is 5.69 Å². The van der Waals surface area contributed by atoms with E-state index in [0.717, 1.165) is 19.4 Å². The van der Waals surface area contributed by atoms with Crippen LogP contribution in [0.5, 0.6) is 11.5 Å². The molecule has 0 radical (unpaired) electrons. The molecule has 8 nitrogen and oxygen atoms in total. The number of rotatable bonds is 7. The van der Waals surface area contributed by atoms with E-state index in [-0.39, 0.29) is 17.7 Å². The minimum absolute atomic E-state index is 0.132. The van der Waals surface area contributed by atoms with E-state index in [9.17, 15) is 14.7 Å². The molecule has 2 aliphatic heterocycles. The Morgan fingerprint density at radius 3 is 2.71 bits per heavy atom. The van der Waals surface area contributed by atoms with Crippen LogP contribution in [0.3, 0.4) is 0 Å². The van der Waals surface area contributed by atoms with E-state index in [2.05, 4.69) is 5.32 Å². The van der Waals surface area contributed by atoms with Gasteiger partial charge in [-0.2, -0.15) is 0 Å². The van der Waals surface area contributed by atoms with Gasteiger partial charge in [0.25, 0.3) is 0 Å². The van der Waals surface area contributed by atoms with Gasteiger partial charge in [-0.1, -0.05) is 0 Å². The van der Waals surface area contributed by atoms with E-state index >= 15 is 0 Å². The van der Waals surface area contributed by atoms with Gasteiger partial charge in [0.15, 0.2) is 17.3 Å². The van der Waals surface area contributed by atoms with Gasteiger partial charge in [0, 0.05) is 24.7 Å². The second-order valence-electron chi connectivity index (χ2n) is 7.11. The summed E-state index contributed by atoms with van der Waals surface area (Å²) >= 11 is 0. The Balaban J connectivity index is 1.65. The van der Waals surface area contributed by atoms with Gasteiger partial charge < -0.3 is 24.6 Å². The molecule has 2 unspecified atom stereocenters. The number of carbonyl (C=O) groups excluding carboxylic acids is 2. The number of aliphatic hydroxyl groups excluding tert-OH is 1. The zero-order valence-corrected chi connectivity index (χ0v) is 16.4. The maximum absolute atomic E-state index is 12.0. The standard InChI is InChI=1S/C20H28N2O6/c1-3-26-20(25)14-5-4-6-22(11-14)12-19(24)21-16-10-18-17(27-7-8-28-18)9-15(16)13(2)23/h9-10,14,19,21,24H,3-8,11-12H2,1-2H3. The number of benzene rings is 1. The lowest BCUT2D eigenvalue weighted by Crippen LogP contribution is -2.44. The molecule has 0 spiro atoms. The van der Waals surface area contributed by atoms with Crippen LogP contribution in [0.1, 0.15) is 37.0 Å². The van der Waals surface area contributed by atoms with Crippen LogP contribution in [0.15, 0.2) is 12.1 Å². The second kappa shape index (κ2) is 9.25. The Hall–Kier alpha value is -2.32. The Morgan fingerprint density at radius 1 is 1.32 bits per heavy atom. The summed E-state index contributed by atoms with van der Waals surface area (Å²) in [5.74, 6) is 0.603. The van der Waals surface area contributed by atoms with E-state index in [1.165, 1.54) is 6.92 Å². The van der Waals surface area contributed by atoms with Crippen LogP contribution in [-0.2, 0) is 9.53 Å². The smallest absolute Gasteiger partial charge is 0.310 e. The number of β-amino-alcohol motifs (C(OH)–C–C–N with tert-alkyl or cyclic N) is 1. The number of aliphatic hydroxyl groups is 1. The number of piperidine rings is 1. The number of nitrogens with one attached hydrogen (secondary N) is 1. The maximum Gasteiger partial charge on any atom is 0.310 e. The number of nitrogens with zero attached hydrogens (tertiary/aromatic N) is 1. The number of ketones is 1. The number of anilines is 1. The normalized spacial score (nSPS) is 20.3. The molecule has 0 bridgehead atoms. The maximum atomic E-state index is 12.0. The van der Waals surface area contributed by atoms with Crippen molar-refractivity contribution in [3.63, 3.8) is 0 Å². The fraction of sp³-hybridized carbons (Fsp3) is 0.600. The number of hydrogen-bond acceptors (Lipinski definition) is 8. The van der Waals surface area contributed by atoms with Crippen molar-refractivity contribution in [2.24, 2.45) is 5.92 Å². The van der Waals surface area contributed by atoms with Gasteiger partial charge in [0.2, 0.25) is 0 Å². The van der Waals surface area contributed by atoms with E-state index < -0.39 is 6.23 Å². The van der Waals surface area contributed by atoms with Crippen molar-refractivity contribution in [2.75, 3.05) is 44.8 Å². The lowest BCUT2D eigenvalue weighted by molar-refractivity contribution is -0.150. The van der Waals surface area contributed by atoms with Crippen LogP contribution in [0.25, 0.3) is 0 Å². The van der Waals surface area contributed by atoms with E-state index in [4.69, 9.17) is 14.2 Å². The largest absolute Gasteiger partial charge is 0.486 e. The van der Waals surface area contributed by atoms with Crippen LogP contribution >= 0.6 is 0 Å².